The van der Waals surface area contributed by atoms with Gasteiger partial charge in [0.1, 0.15) is 5.82 Å². The van der Waals surface area contributed by atoms with Gasteiger partial charge in [0, 0.05) is 41.8 Å². The van der Waals surface area contributed by atoms with E-state index in [4.69, 9.17) is 9.97 Å². The number of nitrogens with zero attached hydrogens (tertiary/aromatic N) is 5. The minimum atomic E-state index is -0.367. The first-order valence-electron chi connectivity index (χ1n) is 12.9. The number of imide groups is 1. The number of aromatic nitrogens is 5. The molecule has 2 N–H and O–H groups in total. The van der Waals surface area contributed by atoms with E-state index >= 15 is 0 Å². The van der Waals surface area contributed by atoms with Crippen molar-refractivity contribution in [3.63, 3.8) is 0 Å². The number of anilines is 1. The van der Waals surface area contributed by atoms with Crippen molar-refractivity contribution in [2.75, 3.05) is 5.32 Å². The number of carbonyl (C=O) groups is 2. The summed E-state index contributed by atoms with van der Waals surface area (Å²) in [4.78, 5) is 38.1. The molecule has 2 amide bonds. The number of pyridine rings is 1. The van der Waals surface area contributed by atoms with Gasteiger partial charge in [-0.05, 0) is 48.1 Å². The summed E-state index contributed by atoms with van der Waals surface area (Å²) in [7, 11) is 0. The van der Waals surface area contributed by atoms with Crippen molar-refractivity contribution in [1.82, 2.24) is 29.9 Å². The summed E-state index contributed by atoms with van der Waals surface area (Å²) in [6.45, 7) is 0. The van der Waals surface area contributed by atoms with Crippen LogP contribution >= 0.6 is 0 Å². The van der Waals surface area contributed by atoms with Crippen molar-refractivity contribution in [1.29, 1.82) is 0 Å². The lowest BCUT2D eigenvalue weighted by Gasteiger charge is -2.12. The van der Waals surface area contributed by atoms with Crippen molar-refractivity contribution in [3.05, 3.63) is 82.6 Å². The Morgan fingerprint density at radius 2 is 2.00 bits per heavy atom. The molecule has 2 aliphatic carbocycles. The van der Waals surface area contributed by atoms with Crippen LogP contribution in [0.15, 0.2) is 54.4 Å². The number of aryl methyl sites for hydroxylation is 2. The van der Waals surface area contributed by atoms with Crippen LogP contribution in [-0.2, 0) is 28.9 Å². The van der Waals surface area contributed by atoms with Crippen LogP contribution < -0.4 is 10.6 Å². The Morgan fingerprint density at radius 3 is 2.84 bits per heavy atom. The van der Waals surface area contributed by atoms with E-state index in [-0.39, 0.29) is 18.2 Å². The lowest BCUT2D eigenvalue weighted by atomic mass is 9.96. The highest BCUT2D eigenvalue weighted by Crippen LogP contribution is 2.29. The highest BCUT2D eigenvalue weighted by atomic mass is 16.2. The van der Waals surface area contributed by atoms with E-state index in [9.17, 15) is 9.59 Å². The molecular weight excluding hydrogens is 478 g/mol. The molecule has 7 rings (SSSR count). The van der Waals surface area contributed by atoms with E-state index in [0.29, 0.717) is 41.0 Å². The van der Waals surface area contributed by atoms with Crippen LogP contribution in [0.25, 0.3) is 28.9 Å². The van der Waals surface area contributed by atoms with Crippen molar-refractivity contribution in [3.8, 4) is 11.1 Å². The van der Waals surface area contributed by atoms with Crippen molar-refractivity contribution < 1.29 is 9.59 Å². The molecule has 3 aromatic heterocycles. The van der Waals surface area contributed by atoms with E-state index in [2.05, 4.69) is 63.2 Å². The molecule has 0 unspecified atom stereocenters. The smallest absolute Gasteiger partial charge is 0.254 e. The minimum Gasteiger partial charge on any atom is -0.351 e. The number of amides is 2. The largest absolute Gasteiger partial charge is 0.351 e. The number of rotatable bonds is 7. The average molecular weight is 504 g/mol. The second-order valence-corrected chi connectivity index (χ2v) is 9.96. The maximum atomic E-state index is 12.1. The van der Waals surface area contributed by atoms with Gasteiger partial charge in [-0.3, -0.25) is 19.9 Å². The zero-order valence-electron chi connectivity index (χ0n) is 20.6. The molecule has 4 aromatic rings. The molecule has 2 fully saturated rings. The molecule has 9 nitrogen and oxygen atoms in total. The van der Waals surface area contributed by atoms with Crippen LogP contribution in [0.1, 0.15) is 47.5 Å². The number of allylic oxidation sites excluding steroid dienone is 1. The quantitative estimate of drug-likeness (QED) is 0.293. The first-order chi connectivity index (χ1) is 18.6. The van der Waals surface area contributed by atoms with Crippen LogP contribution in [-0.4, -0.2) is 42.4 Å². The summed E-state index contributed by atoms with van der Waals surface area (Å²) in [5.41, 5.74) is 7.48. The summed E-state index contributed by atoms with van der Waals surface area (Å²) in [6, 6.07) is 11.0. The van der Waals surface area contributed by atoms with Crippen molar-refractivity contribution in [2.24, 2.45) is 0 Å². The fourth-order valence-electron chi connectivity index (χ4n) is 5.00. The van der Waals surface area contributed by atoms with Crippen molar-refractivity contribution in [2.45, 2.75) is 44.6 Å². The number of nitrogens with one attached hydrogen (secondary N) is 2. The number of fused-ring (bicyclic) bond motifs is 2. The molecule has 3 aliphatic rings. The molecule has 1 saturated carbocycles. The Balaban J connectivity index is 1.22. The number of hydrogen-bond donors (Lipinski definition) is 2. The number of carbonyl (C=O) groups excluding carboxylic acids is 2. The zero-order chi connectivity index (χ0) is 25.6. The maximum Gasteiger partial charge on any atom is 0.254 e. The molecule has 0 radical (unpaired) electrons. The van der Waals surface area contributed by atoms with Gasteiger partial charge < -0.3 is 5.32 Å². The molecule has 1 aliphatic heterocycles. The molecule has 0 spiro atoms. The Labute approximate surface area is 218 Å². The van der Waals surface area contributed by atoms with Gasteiger partial charge in [-0.2, -0.15) is 14.6 Å². The van der Waals surface area contributed by atoms with E-state index in [1.165, 1.54) is 11.1 Å². The van der Waals surface area contributed by atoms with E-state index in [0.717, 1.165) is 42.5 Å². The SMILES string of the molecule is O=C1C/C(=C\c2cnn3c(NC4CC4)nc(CCc4ccccc4-c4cnc5c(c4)C=CC5)nc23)C(=O)N1. The molecule has 188 valence electrons. The first-order valence-corrected chi connectivity index (χ1v) is 12.9. The molecule has 0 bridgehead atoms. The van der Waals surface area contributed by atoms with Crippen molar-refractivity contribution >= 4 is 35.6 Å². The Hall–Kier alpha value is -4.66. The molecule has 38 heavy (non-hydrogen) atoms. The van der Waals surface area contributed by atoms with Crippen LogP contribution in [0.2, 0.25) is 0 Å². The van der Waals surface area contributed by atoms with Gasteiger partial charge in [0.15, 0.2) is 5.65 Å². The highest BCUT2D eigenvalue weighted by Gasteiger charge is 2.26. The Bertz CT molecular complexity index is 1680. The maximum absolute atomic E-state index is 12.1. The fraction of sp³-hybridized carbons (Fsp3) is 0.241. The summed E-state index contributed by atoms with van der Waals surface area (Å²) in [5.74, 6) is 0.676. The summed E-state index contributed by atoms with van der Waals surface area (Å²) in [6.07, 6.45) is 14.1. The summed E-state index contributed by atoms with van der Waals surface area (Å²) >= 11 is 0. The lowest BCUT2D eigenvalue weighted by Crippen LogP contribution is -2.19. The Morgan fingerprint density at radius 1 is 1.11 bits per heavy atom. The van der Waals surface area contributed by atoms with E-state index in [1.807, 2.05) is 6.20 Å². The van der Waals surface area contributed by atoms with Gasteiger partial charge in [0.2, 0.25) is 11.9 Å². The number of benzene rings is 1. The second-order valence-electron chi connectivity index (χ2n) is 9.96. The topological polar surface area (TPSA) is 114 Å². The van der Waals surface area contributed by atoms with Gasteiger partial charge in [-0.1, -0.05) is 36.4 Å². The predicted octanol–water partition coefficient (Wildman–Crippen LogP) is 3.55. The highest BCUT2D eigenvalue weighted by molar-refractivity contribution is 6.15. The van der Waals surface area contributed by atoms with Gasteiger partial charge >= 0.3 is 0 Å². The predicted molar refractivity (Wildman–Crippen MR) is 143 cm³/mol. The van der Waals surface area contributed by atoms with Gasteiger partial charge in [0.05, 0.1) is 18.3 Å². The number of hydrogen-bond acceptors (Lipinski definition) is 7. The lowest BCUT2D eigenvalue weighted by molar-refractivity contribution is -0.124. The molecule has 9 heteroatoms. The van der Waals surface area contributed by atoms with E-state index < -0.39 is 0 Å². The molecule has 0 atom stereocenters. The molecular formula is C29H25N7O2. The zero-order valence-corrected chi connectivity index (χ0v) is 20.6. The van der Waals surface area contributed by atoms with Gasteiger partial charge in [0.25, 0.3) is 5.91 Å². The first kappa shape index (κ1) is 22.5. The molecule has 1 aromatic carbocycles. The monoisotopic (exact) mass is 503 g/mol. The van der Waals surface area contributed by atoms with Crippen LogP contribution in [0.3, 0.4) is 0 Å². The standard InChI is InChI=1S/C29H25N7O2/c37-26-14-19(28(38)35-26)13-21-16-31-36-27(21)33-25(34-29(36)32-22-9-10-22)11-8-17-4-1-2-6-23(17)20-12-18-5-3-7-24(18)30-15-20/h1-6,12-13,15-16,22H,7-11,14H2,(H,32,33,34)(H,35,37,38)/b19-13+. The van der Waals surface area contributed by atoms with Gasteiger partial charge in [-0.25, -0.2) is 4.98 Å². The normalized spacial score (nSPS) is 17.4. The van der Waals surface area contributed by atoms with Crippen LogP contribution in [0.4, 0.5) is 5.95 Å². The van der Waals surface area contributed by atoms with Crippen LogP contribution in [0.5, 0.6) is 0 Å². The Kier molecular flexibility index (Phi) is 5.35. The minimum absolute atomic E-state index is 0.0609. The summed E-state index contributed by atoms with van der Waals surface area (Å²) < 4.78 is 1.68. The third-order valence-electron chi connectivity index (χ3n) is 7.14. The van der Waals surface area contributed by atoms with Crippen LogP contribution in [0, 0.1) is 0 Å². The average Bonchev–Trinajstić information content (AvgIpc) is 3.30. The third-order valence-corrected chi connectivity index (χ3v) is 7.14. The summed E-state index contributed by atoms with van der Waals surface area (Å²) in [5, 5.41) is 10.3. The molecule has 1 saturated heterocycles. The fourth-order valence-corrected chi connectivity index (χ4v) is 5.00. The van der Waals surface area contributed by atoms with E-state index in [1.54, 1.807) is 16.8 Å². The second kappa shape index (κ2) is 9.02. The molecule has 4 heterocycles. The van der Waals surface area contributed by atoms with Gasteiger partial charge in [-0.15, -0.1) is 0 Å². The third kappa shape index (κ3) is 4.26.